The summed E-state index contributed by atoms with van der Waals surface area (Å²) in [5.74, 6) is 0. The van der Waals surface area contributed by atoms with E-state index in [0.29, 0.717) is 6.04 Å². The van der Waals surface area contributed by atoms with Gasteiger partial charge in [0, 0.05) is 37.1 Å². The maximum Gasteiger partial charge on any atom is 0.0931 e. The Hall–Kier alpha value is -0.350. The van der Waals surface area contributed by atoms with E-state index in [-0.39, 0.29) is 0 Å². The molecule has 4 heteroatoms. The standard InChI is InChI=1S/C13H19ClN2S/c1-2-3-4-11(12-5-6-13(14)17-12)16-9-7-15-8-10-16/h2,5-6,11,15H,1,3-4,7-10H2/t11-/m1/s1. The first-order chi connectivity index (χ1) is 8.31. The zero-order chi connectivity index (χ0) is 12.1. The Morgan fingerprint density at radius 3 is 2.82 bits per heavy atom. The van der Waals surface area contributed by atoms with Crippen LogP contribution in [-0.4, -0.2) is 31.1 Å². The summed E-state index contributed by atoms with van der Waals surface area (Å²) < 4.78 is 0.888. The SMILES string of the molecule is C=CCC[C@H](c1ccc(Cl)s1)N1CCNCC1. The highest BCUT2D eigenvalue weighted by Crippen LogP contribution is 2.33. The van der Waals surface area contributed by atoms with Gasteiger partial charge < -0.3 is 5.32 Å². The molecule has 17 heavy (non-hydrogen) atoms. The molecule has 0 saturated carbocycles. The molecule has 1 atom stereocenters. The van der Waals surface area contributed by atoms with Crippen LogP contribution in [0.25, 0.3) is 0 Å². The molecule has 0 amide bonds. The number of halogens is 1. The Labute approximate surface area is 112 Å². The summed E-state index contributed by atoms with van der Waals surface area (Å²) in [5, 5.41) is 3.40. The lowest BCUT2D eigenvalue weighted by Crippen LogP contribution is -2.45. The minimum atomic E-state index is 0.507. The third-order valence-corrected chi connectivity index (χ3v) is 4.49. The molecule has 94 valence electrons. The van der Waals surface area contributed by atoms with Gasteiger partial charge in [-0.15, -0.1) is 17.9 Å². The summed E-state index contributed by atoms with van der Waals surface area (Å²) in [4.78, 5) is 3.95. The Morgan fingerprint density at radius 2 is 2.24 bits per heavy atom. The third kappa shape index (κ3) is 3.55. The number of rotatable bonds is 5. The van der Waals surface area contributed by atoms with E-state index in [1.807, 2.05) is 12.1 Å². The summed E-state index contributed by atoms with van der Waals surface area (Å²) in [5.41, 5.74) is 0. The zero-order valence-corrected chi connectivity index (χ0v) is 11.6. The molecule has 1 aliphatic heterocycles. The van der Waals surface area contributed by atoms with Crippen LogP contribution in [0.5, 0.6) is 0 Å². The van der Waals surface area contributed by atoms with Gasteiger partial charge in [-0.05, 0) is 25.0 Å². The van der Waals surface area contributed by atoms with E-state index in [1.54, 1.807) is 11.3 Å². The second-order valence-electron chi connectivity index (χ2n) is 4.31. The van der Waals surface area contributed by atoms with E-state index >= 15 is 0 Å². The van der Waals surface area contributed by atoms with Crippen LogP contribution in [0, 0.1) is 0 Å². The largest absolute Gasteiger partial charge is 0.314 e. The fourth-order valence-electron chi connectivity index (χ4n) is 2.28. The van der Waals surface area contributed by atoms with Crippen LogP contribution >= 0.6 is 22.9 Å². The summed E-state index contributed by atoms with van der Waals surface area (Å²) in [6.07, 6.45) is 4.20. The Morgan fingerprint density at radius 1 is 1.47 bits per heavy atom. The van der Waals surface area contributed by atoms with Gasteiger partial charge in [-0.25, -0.2) is 0 Å². The quantitative estimate of drug-likeness (QED) is 0.826. The third-order valence-electron chi connectivity index (χ3n) is 3.16. The molecular formula is C13H19ClN2S. The van der Waals surface area contributed by atoms with Gasteiger partial charge in [-0.3, -0.25) is 4.90 Å². The normalized spacial score (nSPS) is 19.1. The average molecular weight is 271 g/mol. The van der Waals surface area contributed by atoms with Crippen molar-refractivity contribution in [1.29, 1.82) is 0 Å². The van der Waals surface area contributed by atoms with Crippen molar-refractivity contribution < 1.29 is 0 Å². The summed E-state index contributed by atoms with van der Waals surface area (Å²) in [7, 11) is 0. The van der Waals surface area contributed by atoms with Crippen molar-refractivity contribution in [1.82, 2.24) is 10.2 Å². The molecule has 1 saturated heterocycles. The predicted molar refractivity (Wildman–Crippen MR) is 75.9 cm³/mol. The Bertz CT molecular complexity index is 358. The molecule has 1 fully saturated rings. The van der Waals surface area contributed by atoms with Crippen molar-refractivity contribution in [3.63, 3.8) is 0 Å². The topological polar surface area (TPSA) is 15.3 Å². The van der Waals surface area contributed by atoms with E-state index in [4.69, 9.17) is 11.6 Å². The first kappa shape index (κ1) is 13.1. The molecule has 1 aromatic heterocycles. The van der Waals surface area contributed by atoms with Gasteiger partial charge in [-0.1, -0.05) is 17.7 Å². The molecule has 0 aliphatic carbocycles. The van der Waals surface area contributed by atoms with E-state index in [2.05, 4.69) is 22.9 Å². The first-order valence-corrected chi connectivity index (χ1v) is 7.31. The van der Waals surface area contributed by atoms with E-state index in [1.165, 1.54) is 4.88 Å². The minimum Gasteiger partial charge on any atom is -0.314 e. The molecule has 2 rings (SSSR count). The van der Waals surface area contributed by atoms with Crippen LogP contribution < -0.4 is 5.32 Å². The summed E-state index contributed by atoms with van der Waals surface area (Å²) in [6.45, 7) is 8.24. The van der Waals surface area contributed by atoms with E-state index in [0.717, 1.165) is 43.4 Å². The number of thiophene rings is 1. The minimum absolute atomic E-state index is 0.507. The van der Waals surface area contributed by atoms with Crippen molar-refractivity contribution in [3.8, 4) is 0 Å². The van der Waals surface area contributed by atoms with Gasteiger partial charge in [0.15, 0.2) is 0 Å². The summed E-state index contributed by atoms with van der Waals surface area (Å²) >= 11 is 7.75. The van der Waals surface area contributed by atoms with Crippen molar-refractivity contribution >= 4 is 22.9 Å². The number of nitrogens with zero attached hydrogens (tertiary/aromatic N) is 1. The van der Waals surface area contributed by atoms with Crippen LogP contribution in [0.1, 0.15) is 23.8 Å². The molecule has 1 N–H and O–H groups in total. The highest BCUT2D eigenvalue weighted by atomic mass is 35.5. The van der Waals surface area contributed by atoms with Crippen LogP contribution in [-0.2, 0) is 0 Å². The number of hydrogen-bond acceptors (Lipinski definition) is 3. The van der Waals surface area contributed by atoms with Gasteiger partial charge in [0.25, 0.3) is 0 Å². The van der Waals surface area contributed by atoms with Gasteiger partial charge >= 0.3 is 0 Å². The molecule has 0 aromatic carbocycles. The molecule has 0 bridgehead atoms. The predicted octanol–water partition coefficient (Wildman–Crippen LogP) is 3.31. The van der Waals surface area contributed by atoms with Crippen LogP contribution in [0.15, 0.2) is 24.8 Å². The molecular weight excluding hydrogens is 252 g/mol. The van der Waals surface area contributed by atoms with Crippen LogP contribution in [0.4, 0.5) is 0 Å². The van der Waals surface area contributed by atoms with Gasteiger partial charge in [-0.2, -0.15) is 0 Å². The Kier molecular flexibility index (Phi) is 5.04. The monoisotopic (exact) mass is 270 g/mol. The van der Waals surface area contributed by atoms with Crippen LogP contribution in [0.3, 0.4) is 0 Å². The smallest absolute Gasteiger partial charge is 0.0931 e. The number of piperazine rings is 1. The van der Waals surface area contributed by atoms with E-state index < -0.39 is 0 Å². The van der Waals surface area contributed by atoms with Crippen molar-refractivity contribution in [2.75, 3.05) is 26.2 Å². The molecule has 1 aromatic rings. The number of hydrogen-bond donors (Lipinski definition) is 1. The van der Waals surface area contributed by atoms with Crippen molar-refractivity contribution in [2.45, 2.75) is 18.9 Å². The lowest BCUT2D eigenvalue weighted by molar-refractivity contribution is 0.168. The molecule has 0 unspecified atom stereocenters. The lowest BCUT2D eigenvalue weighted by atomic mass is 10.1. The van der Waals surface area contributed by atoms with Crippen LogP contribution in [0.2, 0.25) is 4.34 Å². The zero-order valence-electron chi connectivity index (χ0n) is 9.99. The molecule has 1 aliphatic rings. The van der Waals surface area contributed by atoms with E-state index in [9.17, 15) is 0 Å². The molecule has 2 nitrogen and oxygen atoms in total. The second-order valence-corrected chi connectivity index (χ2v) is 6.06. The highest BCUT2D eigenvalue weighted by molar-refractivity contribution is 7.16. The average Bonchev–Trinajstić information content (AvgIpc) is 2.78. The van der Waals surface area contributed by atoms with Gasteiger partial charge in [0.2, 0.25) is 0 Å². The van der Waals surface area contributed by atoms with Gasteiger partial charge in [0.1, 0.15) is 0 Å². The van der Waals surface area contributed by atoms with Crippen molar-refractivity contribution in [2.24, 2.45) is 0 Å². The highest BCUT2D eigenvalue weighted by Gasteiger charge is 2.22. The number of nitrogens with one attached hydrogen (secondary N) is 1. The fourth-order valence-corrected chi connectivity index (χ4v) is 3.51. The Balaban J connectivity index is 2.08. The van der Waals surface area contributed by atoms with Crippen molar-refractivity contribution in [3.05, 3.63) is 34.0 Å². The lowest BCUT2D eigenvalue weighted by Gasteiger charge is -2.34. The fraction of sp³-hybridized carbons (Fsp3) is 0.538. The number of allylic oxidation sites excluding steroid dienone is 1. The molecule has 2 heterocycles. The maximum atomic E-state index is 6.04. The maximum absolute atomic E-state index is 6.04. The van der Waals surface area contributed by atoms with Gasteiger partial charge in [0.05, 0.1) is 4.34 Å². The first-order valence-electron chi connectivity index (χ1n) is 6.12. The molecule has 0 radical (unpaired) electrons. The second kappa shape index (κ2) is 6.55. The summed E-state index contributed by atoms with van der Waals surface area (Å²) in [6, 6.07) is 4.68. The molecule has 0 spiro atoms.